The summed E-state index contributed by atoms with van der Waals surface area (Å²) in [5, 5.41) is 3.55. The Hall–Kier alpha value is -0.980. The lowest BCUT2D eigenvalue weighted by atomic mass is 10.0. The summed E-state index contributed by atoms with van der Waals surface area (Å²) in [4.78, 5) is 0. The van der Waals surface area contributed by atoms with Gasteiger partial charge in [-0.2, -0.15) is 0 Å². The Morgan fingerprint density at radius 2 is 1.71 bits per heavy atom. The van der Waals surface area contributed by atoms with Gasteiger partial charge in [-0.3, -0.25) is 0 Å². The fourth-order valence-corrected chi connectivity index (χ4v) is 1.32. The molecule has 0 radical (unpaired) electrons. The van der Waals surface area contributed by atoms with Crippen LogP contribution in [-0.2, 0) is 0 Å². The summed E-state index contributed by atoms with van der Waals surface area (Å²) in [6.07, 6.45) is 0. The van der Waals surface area contributed by atoms with E-state index in [9.17, 15) is 0 Å². The Morgan fingerprint density at radius 3 is 2.29 bits per heavy atom. The van der Waals surface area contributed by atoms with Gasteiger partial charge in [-0.15, -0.1) is 0 Å². The molecule has 0 saturated carbocycles. The third kappa shape index (κ3) is 2.50. The molecule has 0 aliphatic heterocycles. The molecule has 78 valence electrons. The average molecular weight is 191 g/mol. The topological polar surface area (TPSA) is 12.0 Å². The molecule has 0 heterocycles. The van der Waals surface area contributed by atoms with E-state index in [0.29, 0.717) is 12.0 Å². The van der Waals surface area contributed by atoms with Crippen molar-refractivity contribution in [2.75, 3.05) is 5.32 Å². The molecule has 1 N–H and O–H groups in total. The van der Waals surface area contributed by atoms with E-state index in [1.165, 1.54) is 16.8 Å². The smallest absolute Gasteiger partial charge is 0.0374 e. The second-order valence-corrected chi connectivity index (χ2v) is 4.42. The molecule has 0 aliphatic carbocycles. The van der Waals surface area contributed by atoms with Crippen molar-refractivity contribution in [1.82, 2.24) is 0 Å². The Bertz CT molecular complexity index is 302. The first-order valence-electron chi connectivity index (χ1n) is 5.35. The third-order valence-electron chi connectivity index (χ3n) is 2.99. The van der Waals surface area contributed by atoms with Crippen LogP contribution < -0.4 is 5.32 Å². The molecule has 0 saturated heterocycles. The van der Waals surface area contributed by atoms with Crippen molar-refractivity contribution in [3.63, 3.8) is 0 Å². The number of nitrogens with one attached hydrogen (secondary N) is 1. The van der Waals surface area contributed by atoms with Gasteiger partial charge in [-0.05, 0) is 43.9 Å². The molecule has 0 amide bonds. The van der Waals surface area contributed by atoms with E-state index < -0.39 is 0 Å². The maximum atomic E-state index is 3.55. The van der Waals surface area contributed by atoms with Crippen molar-refractivity contribution < 1.29 is 0 Å². The highest BCUT2D eigenvalue weighted by Crippen LogP contribution is 2.20. The largest absolute Gasteiger partial charge is 0.382 e. The van der Waals surface area contributed by atoms with Gasteiger partial charge in [-0.25, -0.2) is 0 Å². The number of benzene rings is 1. The van der Waals surface area contributed by atoms with Gasteiger partial charge in [0.05, 0.1) is 0 Å². The maximum Gasteiger partial charge on any atom is 0.0374 e. The van der Waals surface area contributed by atoms with E-state index in [4.69, 9.17) is 0 Å². The molecule has 0 aromatic heterocycles. The minimum Gasteiger partial charge on any atom is -0.382 e. The molecular weight excluding hydrogens is 170 g/mol. The normalized spacial score (nSPS) is 13.0. The summed E-state index contributed by atoms with van der Waals surface area (Å²) < 4.78 is 0. The van der Waals surface area contributed by atoms with Crippen LogP contribution in [0, 0.1) is 19.8 Å². The summed E-state index contributed by atoms with van der Waals surface area (Å²) in [5.74, 6) is 0.662. The molecule has 1 heteroatoms. The zero-order chi connectivity index (χ0) is 10.7. The number of hydrogen-bond acceptors (Lipinski definition) is 1. The zero-order valence-electron chi connectivity index (χ0n) is 9.89. The van der Waals surface area contributed by atoms with Gasteiger partial charge >= 0.3 is 0 Å². The molecule has 0 bridgehead atoms. The van der Waals surface area contributed by atoms with Crippen LogP contribution in [0.15, 0.2) is 18.2 Å². The van der Waals surface area contributed by atoms with Crippen LogP contribution in [0.2, 0.25) is 0 Å². The van der Waals surface area contributed by atoms with E-state index in [0.717, 1.165) is 0 Å². The Labute approximate surface area is 87.5 Å². The summed E-state index contributed by atoms with van der Waals surface area (Å²) >= 11 is 0. The standard InChI is InChI=1S/C13H21N/c1-9(2)12(5)14-13-8-6-7-10(3)11(13)4/h6-9,12,14H,1-5H3/t12-/m1/s1. The van der Waals surface area contributed by atoms with Gasteiger partial charge in [0.1, 0.15) is 0 Å². The van der Waals surface area contributed by atoms with Crippen LogP contribution >= 0.6 is 0 Å². The molecule has 1 atom stereocenters. The molecule has 1 rings (SSSR count). The van der Waals surface area contributed by atoms with Crippen molar-refractivity contribution in [1.29, 1.82) is 0 Å². The second kappa shape index (κ2) is 4.50. The minimum atomic E-state index is 0.524. The Balaban J connectivity index is 2.82. The Morgan fingerprint density at radius 1 is 1.07 bits per heavy atom. The van der Waals surface area contributed by atoms with E-state index in [1.54, 1.807) is 0 Å². The van der Waals surface area contributed by atoms with E-state index in [1.807, 2.05) is 0 Å². The summed E-state index contributed by atoms with van der Waals surface area (Å²) in [7, 11) is 0. The van der Waals surface area contributed by atoms with Gasteiger partial charge in [0, 0.05) is 11.7 Å². The SMILES string of the molecule is Cc1cccc(N[C@H](C)C(C)C)c1C. The number of hydrogen-bond donors (Lipinski definition) is 1. The highest BCUT2D eigenvalue weighted by molar-refractivity contribution is 5.54. The fourth-order valence-electron chi connectivity index (χ4n) is 1.32. The fraction of sp³-hybridized carbons (Fsp3) is 0.538. The predicted molar refractivity (Wildman–Crippen MR) is 63.8 cm³/mol. The molecular formula is C13H21N. The van der Waals surface area contributed by atoms with Crippen molar-refractivity contribution in [3.05, 3.63) is 29.3 Å². The molecule has 1 aromatic rings. The Kier molecular flexibility index (Phi) is 3.56. The van der Waals surface area contributed by atoms with Crippen LogP contribution in [-0.4, -0.2) is 6.04 Å². The molecule has 1 aromatic carbocycles. The minimum absolute atomic E-state index is 0.524. The van der Waals surface area contributed by atoms with E-state index >= 15 is 0 Å². The van der Waals surface area contributed by atoms with Gasteiger partial charge in [0.2, 0.25) is 0 Å². The van der Waals surface area contributed by atoms with Gasteiger partial charge in [0.25, 0.3) is 0 Å². The van der Waals surface area contributed by atoms with Gasteiger partial charge < -0.3 is 5.32 Å². The predicted octanol–water partition coefficient (Wildman–Crippen LogP) is 3.76. The van der Waals surface area contributed by atoms with Crippen molar-refractivity contribution >= 4 is 5.69 Å². The highest BCUT2D eigenvalue weighted by Gasteiger charge is 2.08. The first-order chi connectivity index (χ1) is 6.52. The van der Waals surface area contributed by atoms with Gasteiger partial charge in [0.15, 0.2) is 0 Å². The van der Waals surface area contributed by atoms with Crippen LogP contribution in [0.25, 0.3) is 0 Å². The quantitative estimate of drug-likeness (QED) is 0.767. The van der Waals surface area contributed by atoms with Crippen LogP contribution in [0.4, 0.5) is 5.69 Å². The summed E-state index contributed by atoms with van der Waals surface area (Å²) in [6.45, 7) is 11.0. The summed E-state index contributed by atoms with van der Waals surface area (Å²) in [5.41, 5.74) is 3.98. The molecule has 0 fully saturated rings. The van der Waals surface area contributed by atoms with E-state index in [-0.39, 0.29) is 0 Å². The molecule has 1 nitrogen and oxygen atoms in total. The van der Waals surface area contributed by atoms with Crippen LogP contribution in [0.1, 0.15) is 31.9 Å². The number of rotatable bonds is 3. The van der Waals surface area contributed by atoms with Crippen LogP contribution in [0.5, 0.6) is 0 Å². The lowest BCUT2D eigenvalue weighted by molar-refractivity contribution is 0.559. The highest BCUT2D eigenvalue weighted by atomic mass is 14.9. The third-order valence-corrected chi connectivity index (χ3v) is 2.99. The first kappa shape index (κ1) is 11.1. The number of aryl methyl sites for hydroxylation is 1. The maximum absolute atomic E-state index is 3.55. The van der Waals surface area contributed by atoms with Gasteiger partial charge in [-0.1, -0.05) is 26.0 Å². The average Bonchev–Trinajstić information content (AvgIpc) is 2.12. The zero-order valence-corrected chi connectivity index (χ0v) is 9.89. The second-order valence-electron chi connectivity index (χ2n) is 4.42. The lowest BCUT2D eigenvalue weighted by Gasteiger charge is -2.20. The van der Waals surface area contributed by atoms with Crippen molar-refractivity contribution in [2.24, 2.45) is 5.92 Å². The first-order valence-corrected chi connectivity index (χ1v) is 5.35. The van der Waals surface area contributed by atoms with Crippen LogP contribution in [0.3, 0.4) is 0 Å². The van der Waals surface area contributed by atoms with E-state index in [2.05, 4.69) is 58.1 Å². The van der Waals surface area contributed by atoms with Crippen molar-refractivity contribution in [3.8, 4) is 0 Å². The lowest BCUT2D eigenvalue weighted by Crippen LogP contribution is -2.22. The molecule has 0 aliphatic rings. The molecule has 0 unspecified atom stereocenters. The summed E-state index contributed by atoms with van der Waals surface area (Å²) in [6, 6.07) is 6.94. The molecule has 0 spiro atoms. The van der Waals surface area contributed by atoms with Crippen molar-refractivity contribution in [2.45, 2.75) is 40.7 Å². The number of anilines is 1. The monoisotopic (exact) mass is 191 g/mol. The molecule has 14 heavy (non-hydrogen) atoms.